The van der Waals surface area contributed by atoms with Gasteiger partial charge < -0.3 is 20.1 Å². The Morgan fingerprint density at radius 3 is 2.43 bits per heavy atom. The Bertz CT molecular complexity index is 807. The smallest absolute Gasteiger partial charge is 0.407 e. The molecular weight excluding hydrogens is 382 g/mol. The number of benzene rings is 1. The number of alkyl carbamates (subject to hydrolysis) is 1. The number of nitrogens with zero attached hydrogens (tertiary/aromatic N) is 1. The lowest BCUT2D eigenvalue weighted by molar-refractivity contribution is 0.0526. The van der Waals surface area contributed by atoms with E-state index >= 15 is 0 Å². The quantitative estimate of drug-likeness (QED) is 0.687. The molecule has 2 aromatic rings. The van der Waals surface area contributed by atoms with E-state index in [4.69, 9.17) is 21.1 Å². The van der Waals surface area contributed by atoms with Crippen LogP contribution in [-0.4, -0.2) is 35.7 Å². The van der Waals surface area contributed by atoms with Gasteiger partial charge in [-0.15, -0.1) is 0 Å². The van der Waals surface area contributed by atoms with Crippen molar-refractivity contribution in [2.75, 3.05) is 13.1 Å². The lowest BCUT2D eigenvalue weighted by atomic mass is 10.2. The van der Waals surface area contributed by atoms with Crippen LogP contribution in [0, 0.1) is 0 Å². The van der Waals surface area contributed by atoms with Gasteiger partial charge in [-0.1, -0.05) is 41.9 Å². The van der Waals surface area contributed by atoms with Crippen molar-refractivity contribution in [3.05, 3.63) is 58.9 Å². The lowest BCUT2D eigenvalue weighted by Crippen LogP contribution is -2.38. The second kappa shape index (κ2) is 9.94. The molecule has 1 aromatic carbocycles. The van der Waals surface area contributed by atoms with Gasteiger partial charge in [0.2, 0.25) is 0 Å². The monoisotopic (exact) mass is 405 g/mol. The minimum absolute atomic E-state index is 0.0889. The highest BCUT2D eigenvalue weighted by molar-refractivity contribution is 6.33. The van der Waals surface area contributed by atoms with Crippen molar-refractivity contribution in [3.8, 4) is 5.75 Å². The van der Waals surface area contributed by atoms with E-state index in [-0.39, 0.29) is 23.8 Å². The van der Waals surface area contributed by atoms with E-state index in [1.165, 1.54) is 6.20 Å². The first-order chi connectivity index (χ1) is 13.2. The third-order valence-electron chi connectivity index (χ3n) is 3.36. The van der Waals surface area contributed by atoms with E-state index < -0.39 is 17.6 Å². The molecule has 0 aliphatic carbocycles. The van der Waals surface area contributed by atoms with Crippen molar-refractivity contribution in [1.29, 1.82) is 0 Å². The molecule has 0 spiro atoms. The highest BCUT2D eigenvalue weighted by Crippen LogP contribution is 2.21. The van der Waals surface area contributed by atoms with Crippen LogP contribution in [0.3, 0.4) is 0 Å². The number of amides is 2. The number of ether oxygens (including phenoxy) is 2. The van der Waals surface area contributed by atoms with Gasteiger partial charge in [0, 0.05) is 19.2 Å². The third-order valence-corrected chi connectivity index (χ3v) is 3.65. The molecule has 0 fully saturated rings. The van der Waals surface area contributed by atoms with Gasteiger partial charge in [-0.2, -0.15) is 0 Å². The maximum absolute atomic E-state index is 12.2. The van der Waals surface area contributed by atoms with Crippen molar-refractivity contribution in [2.24, 2.45) is 0 Å². The fraction of sp³-hybridized carbons (Fsp3) is 0.350. The van der Waals surface area contributed by atoms with Crippen LogP contribution < -0.4 is 15.4 Å². The molecule has 8 heteroatoms. The molecule has 28 heavy (non-hydrogen) atoms. The third kappa shape index (κ3) is 7.44. The summed E-state index contributed by atoms with van der Waals surface area (Å²) in [4.78, 5) is 27.8. The summed E-state index contributed by atoms with van der Waals surface area (Å²) in [6, 6.07) is 11.2. The predicted octanol–water partition coefficient (Wildman–Crippen LogP) is 3.57. The van der Waals surface area contributed by atoms with Gasteiger partial charge in [-0.3, -0.25) is 4.79 Å². The number of rotatable bonds is 7. The number of hydrogen-bond donors (Lipinski definition) is 2. The van der Waals surface area contributed by atoms with E-state index in [1.807, 2.05) is 30.3 Å². The van der Waals surface area contributed by atoms with Crippen LogP contribution in [0.5, 0.6) is 5.75 Å². The zero-order valence-corrected chi connectivity index (χ0v) is 16.9. The van der Waals surface area contributed by atoms with Crippen LogP contribution in [-0.2, 0) is 11.3 Å². The highest BCUT2D eigenvalue weighted by Gasteiger charge is 2.16. The number of carbonyl (C=O) groups excluding carboxylic acids is 2. The maximum atomic E-state index is 12.2. The Labute approximate surface area is 169 Å². The Morgan fingerprint density at radius 1 is 1.11 bits per heavy atom. The molecule has 1 aromatic heterocycles. The van der Waals surface area contributed by atoms with Crippen LogP contribution >= 0.6 is 11.6 Å². The van der Waals surface area contributed by atoms with Crippen molar-refractivity contribution in [2.45, 2.75) is 33.0 Å². The van der Waals surface area contributed by atoms with Crippen molar-refractivity contribution in [3.63, 3.8) is 0 Å². The van der Waals surface area contributed by atoms with Gasteiger partial charge >= 0.3 is 6.09 Å². The van der Waals surface area contributed by atoms with Gasteiger partial charge in [0.1, 0.15) is 23.7 Å². The summed E-state index contributed by atoms with van der Waals surface area (Å²) in [7, 11) is 0. The number of halogens is 1. The fourth-order valence-electron chi connectivity index (χ4n) is 2.15. The molecule has 0 radical (unpaired) electrons. The van der Waals surface area contributed by atoms with Crippen LogP contribution in [0.1, 0.15) is 36.8 Å². The second-order valence-electron chi connectivity index (χ2n) is 6.96. The van der Waals surface area contributed by atoms with Crippen molar-refractivity contribution in [1.82, 2.24) is 15.6 Å². The summed E-state index contributed by atoms with van der Waals surface area (Å²) in [6.07, 6.45) is 0.903. The molecule has 2 rings (SSSR count). The average molecular weight is 406 g/mol. The molecule has 0 atom stereocenters. The summed E-state index contributed by atoms with van der Waals surface area (Å²) in [5, 5.41) is 5.37. The van der Waals surface area contributed by atoms with Crippen LogP contribution in [0.15, 0.2) is 42.6 Å². The minimum atomic E-state index is -0.574. The largest absolute Gasteiger partial charge is 0.487 e. The first-order valence-electron chi connectivity index (χ1n) is 8.82. The molecule has 7 nitrogen and oxygen atoms in total. The van der Waals surface area contributed by atoms with Gasteiger partial charge in [0.25, 0.3) is 5.91 Å². The standard InChI is InChI=1S/C20H24ClN3O4/c1-20(2,3)28-19(26)23-10-9-22-18(25)17-16(21)11-15(12-24-17)27-13-14-7-5-4-6-8-14/h4-8,11-12H,9-10,13H2,1-3H3,(H,22,25)(H,23,26). The molecule has 0 saturated heterocycles. The molecular formula is C20H24ClN3O4. The van der Waals surface area contributed by atoms with E-state index in [9.17, 15) is 9.59 Å². The number of pyridine rings is 1. The van der Waals surface area contributed by atoms with Gasteiger partial charge in [0.05, 0.1) is 11.2 Å². The molecule has 2 amide bonds. The van der Waals surface area contributed by atoms with Gasteiger partial charge in [-0.05, 0) is 26.3 Å². The average Bonchev–Trinajstić information content (AvgIpc) is 2.63. The summed E-state index contributed by atoms with van der Waals surface area (Å²) in [5.74, 6) is 0.0302. The number of aromatic nitrogens is 1. The zero-order valence-electron chi connectivity index (χ0n) is 16.1. The summed E-state index contributed by atoms with van der Waals surface area (Å²) < 4.78 is 10.7. The minimum Gasteiger partial charge on any atom is -0.487 e. The number of nitrogens with one attached hydrogen (secondary N) is 2. The molecule has 0 bridgehead atoms. The van der Waals surface area contributed by atoms with E-state index in [2.05, 4.69) is 15.6 Å². The Hall–Kier alpha value is -2.80. The van der Waals surface area contributed by atoms with Crippen LogP contribution in [0.2, 0.25) is 5.02 Å². The summed E-state index contributed by atoms with van der Waals surface area (Å²) in [6.45, 7) is 6.12. The van der Waals surface area contributed by atoms with Crippen LogP contribution in [0.4, 0.5) is 4.79 Å². The van der Waals surface area contributed by atoms with E-state index in [1.54, 1.807) is 26.8 Å². The number of carbonyl (C=O) groups is 2. The van der Waals surface area contributed by atoms with Crippen LogP contribution in [0.25, 0.3) is 0 Å². The van der Waals surface area contributed by atoms with E-state index in [0.29, 0.717) is 12.4 Å². The number of hydrogen-bond acceptors (Lipinski definition) is 5. The predicted molar refractivity (Wildman–Crippen MR) is 107 cm³/mol. The van der Waals surface area contributed by atoms with Gasteiger partial charge in [0.15, 0.2) is 0 Å². The molecule has 0 unspecified atom stereocenters. The van der Waals surface area contributed by atoms with E-state index in [0.717, 1.165) is 5.56 Å². The molecule has 150 valence electrons. The fourth-order valence-corrected chi connectivity index (χ4v) is 2.39. The van der Waals surface area contributed by atoms with Gasteiger partial charge in [-0.25, -0.2) is 9.78 Å². The molecule has 2 N–H and O–H groups in total. The zero-order chi connectivity index (χ0) is 20.6. The summed E-state index contributed by atoms with van der Waals surface area (Å²) in [5.41, 5.74) is 0.527. The lowest BCUT2D eigenvalue weighted by Gasteiger charge is -2.19. The normalized spacial score (nSPS) is 10.9. The molecule has 0 saturated carbocycles. The Morgan fingerprint density at radius 2 is 1.79 bits per heavy atom. The Kier molecular flexibility index (Phi) is 7.63. The SMILES string of the molecule is CC(C)(C)OC(=O)NCCNC(=O)c1ncc(OCc2ccccc2)cc1Cl. The second-order valence-corrected chi connectivity index (χ2v) is 7.37. The van der Waals surface area contributed by atoms with Crippen molar-refractivity contribution >= 4 is 23.6 Å². The molecule has 0 aliphatic heterocycles. The first-order valence-corrected chi connectivity index (χ1v) is 9.20. The summed E-state index contributed by atoms with van der Waals surface area (Å²) >= 11 is 6.15. The first kappa shape index (κ1) is 21.5. The highest BCUT2D eigenvalue weighted by atomic mass is 35.5. The topological polar surface area (TPSA) is 89.6 Å². The van der Waals surface area contributed by atoms with Crippen molar-refractivity contribution < 1.29 is 19.1 Å². The Balaban J connectivity index is 1.79. The maximum Gasteiger partial charge on any atom is 0.407 e. The molecule has 0 aliphatic rings. The molecule has 1 heterocycles.